The lowest BCUT2D eigenvalue weighted by Gasteiger charge is -2.36. The zero-order valence-electron chi connectivity index (χ0n) is 18.6. The molecule has 0 spiro atoms. The zero-order chi connectivity index (χ0) is 23.0. The number of rotatable bonds is 9. The van der Waals surface area contributed by atoms with E-state index in [1.165, 1.54) is 0 Å². The molecule has 0 unspecified atom stereocenters. The Hall–Kier alpha value is -2.19. The average Bonchev–Trinajstić information content (AvgIpc) is 2.89. The second-order valence-corrected chi connectivity index (χ2v) is 9.28. The highest BCUT2D eigenvalue weighted by atomic mass is 32.2. The van der Waals surface area contributed by atoms with Crippen molar-refractivity contribution in [2.75, 3.05) is 18.1 Å². The molecule has 0 saturated carbocycles. The molecule has 0 bridgehead atoms. The van der Waals surface area contributed by atoms with Gasteiger partial charge in [-0.1, -0.05) is 72.8 Å². The first-order valence-corrected chi connectivity index (χ1v) is 12.4. The van der Waals surface area contributed by atoms with Gasteiger partial charge in [0.1, 0.15) is 0 Å². The summed E-state index contributed by atoms with van der Waals surface area (Å²) in [6.07, 6.45) is 0.184. The Morgan fingerprint density at radius 1 is 0.879 bits per heavy atom. The molecule has 0 aliphatic carbocycles. The molecule has 5 nitrogen and oxygen atoms in total. The minimum atomic E-state index is -0.472. The van der Waals surface area contributed by atoms with Gasteiger partial charge in [-0.2, -0.15) is 11.8 Å². The van der Waals surface area contributed by atoms with E-state index in [0.717, 1.165) is 45.6 Å². The molecule has 4 N–H and O–H groups in total. The van der Waals surface area contributed by atoms with Gasteiger partial charge in [0, 0.05) is 30.0 Å². The maximum absolute atomic E-state index is 9.35. The van der Waals surface area contributed by atoms with Crippen molar-refractivity contribution >= 4 is 11.8 Å². The molecule has 174 valence electrons. The van der Waals surface area contributed by atoms with Gasteiger partial charge >= 0.3 is 0 Å². The number of thioether (sulfide) groups is 1. The molecule has 1 fully saturated rings. The topological polar surface area (TPSA) is 84.9 Å². The summed E-state index contributed by atoms with van der Waals surface area (Å²) in [4.78, 5) is 0. The van der Waals surface area contributed by atoms with Crippen molar-refractivity contribution in [1.29, 1.82) is 0 Å². The molecule has 3 aromatic rings. The number of ether oxygens (including phenoxy) is 2. The Morgan fingerprint density at radius 2 is 1.61 bits per heavy atom. The second kappa shape index (κ2) is 11.8. The number of benzene rings is 3. The van der Waals surface area contributed by atoms with E-state index in [9.17, 15) is 5.11 Å². The Kier molecular flexibility index (Phi) is 8.56. The van der Waals surface area contributed by atoms with Crippen LogP contribution in [0.25, 0.3) is 11.1 Å². The lowest BCUT2D eigenvalue weighted by Crippen LogP contribution is -2.31. The van der Waals surface area contributed by atoms with Crippen LogP contribution in [0.2, 0.25) is 0 Å². The molecule has 0 aromatic heterocycles. The second-order valence-electron chi connectivity index (χ2n) is 8.13. The normalized spacial score (nSPS) is 20.6. The maximum Gasteiger partial charge on any atom is 0.184 e. The van der Waals surface area contributed by atoms with Crippen LogP contribution in [0.3, 0.4) is 0 Å². The molecule has 1 aliphatic rings. The van der Waals surface area contributed by atoms with E-state index < -0.39 is 6.29 Å². The molecule has 4 rings (SSSR count). The van der Waals surface area contributed by atoms with Gasteiger partial charge in [0.2, 0.25) is 0 Å². The lowest BCUT2D eigenvalue weighted by molar-refractivity contribution is -0.245. The smallest absolute Gasteiger partial charge is 0.184 e. The predicted octanol–water partition coefficient (Wildman–Crippen LogP) is 4.58. The fourth-order valence-electron chi connectivity index (χ4n) is 4.10. The third-order valence-electron chi connectivity index (χ3n) is 5.89. The molecule has 1 saturated heterocycles. The third kappa shape index (κ3) is 6.03. The molecule has 1 aliphatic heterocycles. The first kappa shape index (κ1) is 24.0. The van der Waals surface area contributed by atoms with Gasteiger partial charge in [-0.25, -0.2) is 0 Å². The number of hydrogen-bond donors (Lipinski definition) is 3. The zero-order valence-corrected chi connectivity index (χ0v) is 19.4. The van der Waals surface area contributed by atoms with Gasteiger partial charge in [0.05, 0.1) is 25.4 Å². The van der Waals surface area contributed by atoms with Gasteiger partial charge in [0.15, 0.2) is 6.29 Å². The Labute approximate surface area is 199 Å². The van der Waals surface area contributed by atoms with E-state index >= 15 is 0 Å². The van der Waals surface area contributed by atoms with Crippen LogP contribution in [-0.4, -0.2) is 34.4 Å². The summed E-state index contributed by atoms with van der Waals surface area (Å²) in [5, 5.41) is 18.5. The van der Waals surface area contributed by atoms with E-state index in [1.807, 2.05) is 36.4 Å². The predicted molar refractivity (Wildman–Crippen MR) is 133 cm³/mol. The van der Waals surface area contributed by atoms with Crippen LogP contribution in [0.15, 0.2) is 72.8 Å². The number of hydrogen-bond acceptors (Lipinski definition) is 6. The Balaban J connectivity index is 1.55. The largest absolute Gasteiger partial charge is 0.396 e. The molecule has 3 aromatic carbocycles. The molecule has 33 heavy (non-hydrogen) atoms. The van der Waals surface area contributed by atoms with Gasteiger partial charge in [0.25, 0.3) is 0 Å². The molecule has 6 heteroatoms. The van der Waals surface area contributed by atoms with Crippen molar-refractivity contribution in [1.82, 2.24) is 0 Å². The molecule has 1 heterocycles. The first-order valence-electron chi connectivity index (χ1n) is 11.3. The van der Waals surface area contributed by atoms with Crippen LogP contribution in [0, 0.1) is 0 Å². The van der Waals surface area contributed by atoms with Crippen molar-refractivity contribution in [3.8, 4) is 11.1 Å². The van der Waals surface area contributed by atoms with Crippen molar-refractivity contribution in [3.05, 3.63) is 95.1 Å². The summed E-state index contributed by atoms with van der Waals surface area (Å²) in [6, 6.07) is 24.4. The highest BCUT2D eigenvalue weighted by Gasteiger charge is 2.32. The Morgan fingerprint density at radius 3 is 2.30 bits per heavy atom. The van der Waals surface area contributed by atoms with Gasteiger partial charge in [-0.15, -0.1) is 0 Å². The highest BCUT2D eigenvalue weighted by Crippen LogP contribution is 2.39. The molecule has 0 radical (unpaired) electrons. The van der Waals surface area contributed by atoms with Gasteiger partial charge < -0.3 is 25.4 Å². The van der Waals surface area contributed by atoms with E-state index in [2.05, 4.69) is 36.4 Å². The minimum absolute atomic E-state index is 0.0143. The Bertz CT molecular complexity index is 1010. The van der Waals surface area contributed by atoms with Crippen molar-refractivity contribution < 1.29 is 19.7 Å². The van der Waals surface area contributed by atoms with Crippen molar-refractivity contribution in [2.45, 2.75) is 38.1 Å². The van der Waals surface area contributed by atoms with E-state index in [0.29, 0.717) is 12.3 Å². The molecule has 3 atom stereocenters. The van der Waals surface area contributed by atoms with Gasteiger partial charge in [-0.05, 0) is 27.8 Å². The summed E-state index contributed by atoms with van der Waals surface area (Å²) in [5.74, 6) is 1.49. The van der Waals surface area contributed by atoms with E-state index in [1.54, 1.807) is 11.8 Å². The van der Waals surface area contributed by atoms with Crippen LogP contribution < -0.4 is 5.73 Å². The summed E-state index contributed by atoms with van der Waals surface area (Å²) >= 11 is 1.69. The highest BCUT2D eigenvalue weighted by molar-refractivity contribution is 7.99. The van der Waals surface area contributed by atoms with Gasteiger partial charge in [-0.3, -0.25) is 0 Å². The summed E-state index contributed by atoms with van der Waals surface area (Å²) in [5.41, 5.74) is 12.2. The molecular formula is C27H31NO4S. The molecular weight excluding hydrogens is 434 g/mol. The van der Waals surface area contributed by atoms with Crippen molar-refractivity contribution in [3.63, 3.8) is 0 Å². The monoisotopic (exact) mass is 465 g/mol. The van der Waals surface area contributed by atoms with E-state index in [4.69, 9.17) is 20.3 Å². The molecule has 0 amide bonds. The fourth-order valence-corrected chi connectivity index (χ4v) is 4.88. The SMILES string of the molecule is NCc1ccccc1-c1ccc([C@@H]2O[C@H](CSCCO)C[C@H](c3ccc(CO)cc3)O2)cc1. The standard InChI is InChI=1S/C27H31NO4S/c28-16-23-3-1-2-4-25(23)20-9-11-22(12-10-20)27-31-24(18-33-14-13-29)15-26(32-27)21-7-5-19(17-30)6-8-21/h1-12,24,26-27,29-30H,13-18,28H2/t24-,26+,27+/m0/s1. The van der Waals surface area contributed by atoms with Crippen LogP contribution in [-0.2, 0) is 22.6 Å². The summed E-state index contributed by atoms with van der Waals surface area (Å²) in [7, 11) is 0. The van der Waals surface area contributed by atoms with E-state index in [-0.39, 0.29) is 25.4 Å². The number of aliphatic hydroxyl groups is 2. The quantitative estimate of drug-likeness (QED) is 0.401. The first-order chi connectivity index (χ1) is 16.2. The maximum atomic E-state index is 9.35. The van der Waals surface area contributed by atoms with Crippen LogP contribution in [0.4, 0.5) is 0 Å². The fraction of sp³-hybridized carbons (Fsp3) is 0.333. The van der Waals surface area contributed by atoms with Crippen molar-refractivity contribution in [2.24, 2.45) is 5.73 Å². The lowest BCUT2D eigenvalue weighted by atomic mass is 9.98. The third-order valence-corrected chi connectivity index (χ3v) is 6.96. The van der Waals surface area contributed by atoms with Crippen LogP contribution in [0.1, 0.15) is 41.1 Å². The average molecular weight is 466 g/mol. The van der Waals surface area contributed by atoms with Crippen LogP contribution >= 0.6 is 11.8 Å². The summed E-state index contributed by atoms with van der Waals surface area (Å²) in [6.45, 7) is 0.684. The summed E-state index contributed by atoms with van der Waals surface area (Å²) < 4.78 is 12.7. The minimum Gasteiger partial charge on any atom is -0.396 e. The number of nitrogens with two attached hydrogens (primary N) is 1. The van der Waals surface area contributed by atoms with Crippen LogP contribution in [0.5, 0.6) is 0 Å². The number of aliphatic hydroxyl groups excluding tert-OH is 2.